The van der Waals surface area contributed by atoms with Crippen LogP contribution in [0.1, 0.15) is 12.8 Å². The summed E-state index contributed by atoms with van der Waals surface area (Å²) in [7, 11) is 1.94. The van der Waals surface area contributed by atoms with Crippen LogP contribution in [0, 0.1) is 10.1 Å². The van der Waals surface area contributed by atoms with E-state index in [-0.39, 0.29) is 11.5 Å². The molecule has 0 saturated carbocycles. The number of hydrogen-bond donors (Lipinski definition) is 2. The summed E-state index contributed by atoms with van der Waals surface area (Å²) >= 11 is 0. The third-order valence-electron chi connectivity index (χ3n) is 3.26. The summed E-state index contributed by atoms with van der Waals surface area (Å²) < 4.78 is 0. The average molecular weight is 251 g/mol. The number of nitrogens with one attached hydrogen (secondary N) is 1. The van der Waals surface area contributed by atoms with Gasteiger partial charge in [-0.3, -0.25) is 10.1 Å². The number of nitrogens with two attached hydrogens (primary N) is 1. The maximum Gasteiger partial charge on any atom is 0.311 e. The van der Waals surface area contributed by atoms with Gasteiger partial charge in [0.15, 0.2) is 0 Å². The Kier molecular flexibility index (Phi) is 3.61. The van der Waals surface area contributed by atoms with Gasteiger partial charge in [0.1, 0.15) is 5.82 Å². The smallest absolute Gasteiger partial charge is 0.311 e. The molecule has 3 N–H and O–H groups in total. The van der Waals surface area contributed by atoms with Crippen LogP contribution in [0.4, 0.5) is 17.3 Å². The highest BCUT2D eigenvalue weighted by atomic mass is 16.6. The van der Waals surface area contributed by atoms with E-state index in [1.807, 2.05) is 11.9 Å². The average Bonchev–Trinajstić information content (AvgIpc) is 2.38. The highest BCUT2D eigenvalue weighted by molar-refractivity contribution is 5.58. The molecule has 0 amide bonds. The molecule has 2 rings (SSSR count). The van der Waals surface area contributed by atoms with Crippen LogP contribution in [-0.4, -0.2) is 36.1 Å². The van der Waals surface area contributed by atoms with Gasteiger partial charge in [-0.25, -0.2) is 4.98 Å². The minimum Gasteiger partial charge on any atom is -0.378 e. The van der Waals surface area contributed by atoms with Crippen molar-refractivity contribution >= 4 is 17.3 Å². The summed E-state index contributed by atoms with van der Waals surface area (Å²) in [6.07, 6.45) is 2.21. The number of piperidine rings is 1. The van der Waals surface area contributed by atoms with Gasteiger partial charge in [0.25, 0.3) is 0 Å². The molecule has 7 heteroatoms. The number of nitrogen functional groups attached to an aromatic ring is 1. The predicted octanol–water partition coefficient (Wildman–Crippen LogP) is 0.760. The Hall–Kier alpha value is -1.89. The van der Waals surface area contributed by atoms with Crippen LogP contribution in [0.5, 0.6) is 0 Å². The quantitative estimate of drug-likeness (QED) is 0.608. The predicted molar refractivity (Wildman–Crippen MR) is 69.6 cm³/mol. The first-order valence-corrected chi connectivity index (χ1v) is 5.94. The lowest BCUT2D eigenvalue weighted by atomic mass is 10.1. The molecule has 0 bridgehead atoms. The first kappa shape index (κ1) is 12.6. The van der Waals surface area contributed by atoms with Crippen LogP contribution in [0.2, 0.25) is 0 Å². The molecule has 98 valence electrons. The fraction of sp³-hybridized carbons (Fsp3) is 0.545. The van der Waals surface area contributed by atoms with Crippen molar-refractivity contribution in [1.29, 1.82) is 0 Å². The molecule has 1 atom stereocenters. The van der Waals surface area contributed by atoms with E-state index in [4.69, 9.17) is 5.73 Å². The van der Waals surface area contributed by atoms with Crippen molar-refractivity contribution in [3.8, 4) is 0 Å². The van der Waals surface area contributed by atoms with Gasteiger partial charge in [-0.05, 0) is 25.5 Å². The van der Waals surface area contributed by atoms with Crippen LogP contribution in [0.15, 0.2) is 12.1 Å². The Morgan fingerprint density at radius 1 is 1.61 bits per heavy atom. The van der Waals surface area contributed by atoms with Gasteiger partial charge in [0, 0.05) is 25.7 Å². The van der Waals surface area contributed by atoms with Crippen molar-refractivity contribution in [3.05, 3.63) is 22.2 Å². The van der Waals surface area contributed by atoms with Gasteiger partial charge in [0.05, 0.1) is 4.92 Å². The van der Waals surface area contributed by atoms with E-state index in [1.54, 1.807) is 6.07 Å². The molecule has 18 heavy (non-hydrogen) atoms. The highest BCUT2D eigenvalue weighted by Crippen LogP contribution is 2.24. The topological polar surface area (TPSA) is 97.3 Å². The first-order valence-electron chi connectivity index (χ1n) is 5.94. The lowest BCUT2D eigenvalue weighted by molar-refractivity contribution is -0.384. The summed E-state index contributed by atoms with van der Waals surface area (Å²) in [5.74, 6) is 0.639. The lowest BCUT2D eigenvalue weighted by Gasteiger charge is -2.32. The van der Waals surface area contributed by atoms with Crippen molar-refractivity contribution in [2.24, 2.45) is 0 Å². The van der Waals surface area contributed by atoms with Crippen LogP contribution in [0.25, 0.3) is 0 Å². The van der Waals surface area contributed by atoms with E-state index in [0.717, 1.165) is 25.9 Å². The van der Waals surface area contributed by atoms with Gasteiger partial charge in [0.2, 0.25) is 5.82 Å². The van der Waals surface area contributed by atoms with Gasteiger partial charge in [-0.15, -0.1) is 0 Å². The van der Waals surface area contributed by atoms with E-state index < -0.39 is 4.92 Å². The Morgan fingerprint density at radius 3 is 2.94 bits per heavy atom. The minimum atomic E-state index is -0.520. The van der Waals surface area contributed by atoms with Gasteiger partial charge < -0.3 is 16.0 Å². The van der Waals surface area contributed by atoms with Crippen LogP contribution in [-0.2, 0) is 0 Å². The molecular weight excluding hydrogens is 234 g/mol. The van der Waals surface area contributed by atoms with E-state index in [2.05, 4.69) is 10.3 Å². The van der Waals surface area contributed by atoms with Crippen LogP contribution in [0.3, 0.4) is 0 Å². The number of nitrogens with zero attached hydrogens (tertiary/aromatic N) is 3. The Bertz CT molecular complexity index is 445. The van der Waals surface area contributed by atoms with E-state index >= 15 is 0 Å². The Balaban J connectivity index is 2.17. The maximum absolute atomic E-state index is 10.7. The Labute approximate surface area is 105 Å². The first-order chi connectivity index (χ1) is 8.59. The van der Waals surface area contributed by atoms with Crippen molar-refractivity contribution < 1.29 is 4.92 Å². The molecule has 0 radical (unpaired) electrons. The van der Waals surface area contributed by atoms with Gasteiger partial charge in [-0.1, -0.05) is 0 Å². The zero-order valence-corrected chi connectivity index (χ0v) is 10.3. The molecule has 2 heterocycles. The molecular formula is C11H17N5O2. The number of pyridine rings is 1. The number of nitro groups is 1. The number of aromatic nitrogens is 1. The lowest BCUT2D eigenvalue weighted by Crippen LogP contribution is -2.44. The molecule has 1 aliphatic rings. The second-order valence-corrected chi connectivity index (χ2v) is 4.44. The van der Waals surface area contributed by atoms with Crippen molar-refractivity contribution in [2.45, 2.75) is 18.9 Å². The van der Waals surface area contributed by atoms with Crippen LogP contribution < -0.4 is 16.0 Å². The highest BCUT2D eigenvalue weighted by Gasteiger charge is 2.21. The number of rotatable bonds is 3. The van der Waals surface area contributed by atoms with Crippen molar-refractivity contribution in [1.82, 2.24) is 10.3 Å². The fourth-order valence-electron chi connectivity index (χ4n) is 2.16. The van der Waals surface area contributed by atoms with E-state index in [9.17, 15) is 10.1 Å². The third kappa shape index (κ3) is 2.51. The largest absolute Gasteiger partial charge is 0.378 e. The Morgan fingerprint density at radius 2 is 2.39 bits per heavy atom. The summed E-state index contributed by atoms with van der Waals surface area (Å²) in [4.78, 5) is 16.3. The zero-order chi connectivity index (χ0) is 13.1. The van der Waals surface area contributed by atoms with Gasteiger partial charge in [-0.2, -0.15) is 0 Å². The normalized spacial score (nSPS) is 19.5. The minimum absolute atomic E-state index is 0.0341. The second kappa shape index (κ2) is 5.18. The molecule has 7 nitrogen and oxygen atoms in total. The van der Waals surface area contributed by atoms with E-state index in [1.165, 1.54) is 6.07 Å². The zero-order valence-electron chi connectivity index (χ0n) is 10.3. The third-order valence-corrected chi connectivity index (χ3v) is 3.26. The van der Waals surface area contributed by atoms with Crippen LogP contribution >= 0.6 is 0 Å². The molecule has 1 fully saturated rings. The molecule has 1 aliphatic heterocycles. The maximum atomic E-state index is 10.7. The number of anilines is 2. The standard InChI is InChI=1S/C11H17N5O2/c1-15(8-3-2-6-13-7-8)10-5-4-9(16(17)18)11(12)14-10/h4-5,8,13H,2-3,6-7H2,1H3,(H2,12,14). The molecule has 1 aromatic heterocycles. The summed E-state index contributed by atoms with van der Waals surface area (Å²) in [6, 6.07) is 3.40. The molecule has 0 aliphatic carbocycles. The van der Waals surface area contributed by atoms with Gasteiger partial charge >= 0.3 is 5.69 Å². The van der Waals surface area contributed by atoms with Crippen molar-refractivity contribution in [3.63, 3.8) is 0 Å². The fourth-order valence-corrected chi connectivity index (χ4v) is 2.16. The summed E-state index contributed by atoms with van der Waals surface area (Å²) in [6.45, 7) is 1.94. The molecule has 1 saturated heterocycles. The molecule has 0 aromatic carbocycles. The monoisotopic (exact) mass is 251 g/mol. The second-order valence-electron chi connectivity index (χ2n) is 4.44. The summed E-state index contributed by atoms with van der Waals surface area (Å²) in [5.41, 5.74) is 5.45. The molecule has 1 aromatic rings. The SMILES string of the molecule is CN(c1ccc([N+](=O)[O-])c(N)n1)C1CCCNC1. The number of likely N-dealkylation sites (N-methyl/N-ethyl adjacent to an activating group) is 1. The summed E-state index contributed by atoms with van der Waals surface area (Å²) in [5, 5.41) is 14.0. The number of hydrogen-bond acceptors (Lipinski definition) is 6. The van der Waals surface area contributed by atoms with E-state index in [0.29, 0.717) is 11.9 Å². The molecule has 1 unspecified atom stereocenters. The molecule has 0 spiro atoms. The van der Waals surface area contributed by atoms with Crippen molar-refractivity contribution in [2.75, 3.05) is 30.8 Å².